The van der Waals surface area contributed by atoms with Gasteiger partial charge in [-0.05, 0) is 41.7 Å². The van der Waals surface area contributed by atoms with Gasteiger partial charge in [-0.15, -0.1) is 0 Å². The van der Waals surface area contributed by atoms with Gasteiger partial charge < -0.3 is 14.5 Å². The summed E-state index contributed by atoms with van der Waals surface area (Å²) in [4.78, 5) is 33.9. The van der Waals surface area contributed by atoms with E-state index in [4.69, 9.17) is 4.74 Å². The van der Waals surface area contributed by atoms with E-state index in [-0.39, 0.29) is 24.3 Å². The zero-order valence-electron chi connectivity index (χ0n) is 19.0. The first-order chi connectivity index (χ1) is 14.9. The molecule has 0 spiro atoms. The SMILES string of the molecule is CCC(CC)C(=O)N1CCOC(Cc2cccc(-c3ccncc3)c2)(C(=O)N(C)C)C1. The fourth-order valence-electron chi connectivity index (χ4n) is 4.32. The second-order valence-corrected chi connectivity index (χ2v) is 8.43. The summed E-state index contributed by atoms with van der Waals surface area (Å²) in [6, 6.07) is 12.1. The van der Waals surface area contributed by atoms with Crippen molar-refractivity contribution < 1.29 is 14.3 Å². The maximum absolute atomic E-state index is 13.3. The van der Waals surface area contributed by atoms with Crippen LogP contribution in [0.5, 0.6) is 0 Å². The topological polar surface area (TPSA) is 62.7 Å². The highest BCUT2D eigenvalue weighted by atomic mass is 16.5. The van der Waals surface area contributed by atoms with E-state index in [2.05, 4.69) is 11.1 Å². The van der Waals surface area contributed by atoms with Gasteiger partial charge in [0.05, 0.1) is 13.2 Å². The van der Waals surface area contributed by atoms with Gasteiger partial charge in [0.15, 0.2) is 5.60 Å². The lowest BCUT2D eigenvalue weighted by Crippen LogP contribution is -2.62. The van der Waals surface area contributed by atoms with Crippen molar-refractivity contribution >= 4 is 11.8 Å². The van der Waals surface area contributed by atoms with Crippen LogP contribution in [-0.4, -0.2) is 66.0 Å². The first-order valence-corrected chi connectivity index (χ1v) is 11.0. The normalized spacial score (nSPS) is 18.8. The summed E-state index contributed by atoms with van der Waals surface area (Å²) in [6.07, 6.45) is 5.55. The van der Waals surface area contributed by atoms with Crippen LogP contribution < -0.4 is 0 Å². The fourth-order valence-corrected chi connectivity index (χ4v) is 4.32. The summed E-state index contributed by atoms with van der Waals surface area (Å²) < 4.78 is 6.17. The van der Waals surface area contributed by atoms with Crippen molar-refractivity contribution in [2.75, 3.05) is 33.8 Å². The van der Waals surface area contributed by atoms with Gasteiger partial charge in [-0.3, -0.25) is 14.6 Å². The van der Waals surface area contributed by atoms with E-state index < -0.39 is 5.60 Å². The molecule has 0 aliphatic carbocycles. The summed E-state index contributed by atoms with van der Waals surface area (Å²) in [7, 11) is 3.48. The fraction of sp³-hybridized carbons (Fsp3) is 0.480. The average molecular weight is 424 g/mol. The van der Waals surface area contributed by atoms with Crippen LogP contribution in [0.4, 0.5) is 0 Å². The third kappa shape index (κ3) is 5.13. The Hall–Kier alpha value is -2.73. The molecule has 2 amide bonds. The van der Waals surface area contributed by atoms with Crippen LogP contribution >= 0.6 is 0 Å². The third-order valence-corrected chi connectivity index (χ3v) is 6.06. The number of hydrogen-bond acceptors (Lipinski definition) is 4. The molecule has 1 unspecified atom stereocenters. The van der Waals surface area contributed by atoms with E-state index in [0.717, 1.165) is 29.5 Å². The van der Waals surface area contributed by atoms with Crippen LogP contribution in [0.2, 0.25) is 0 Å². The number of aromatic nitrogens is 1. The van der Waals surface area contributed by atoms with Crippen LogP contribution in [0.25, 0.3) is 11.1 Å². The number of amides is 2. The average Bonchev–Trinajstić information content (AvgIpc) is 2.80. The van der Waals surface area contributed by atoms with E-state index in [0.29, 0.717) is 19.6 Å². The number of morpholine rings is 1. The molecule has 0 N–H and O–H groups in total. The highest BCUT2D eigenvalue weighted by Crippen LogP contribution is 2.29. The first-order valence-electron chi connectivity index (χ1n) is 11.0. The summed E-state index contributed by atoms with van der Waals surface area (Å²) in [5.41, 5.74) is 2.05. The molecular weight excluding hydrogens is 390 g/mol. The minimum absolute atomic E-state index is 0.0136. The lowest BCUT2D eigenvalue weighted by molar-refractivity contribution is -0.174. The van der Waals surface area contributed by atoms with Crippen LogP contribution in [0, 0.1) is 5.92 Å². The van der Waals surface area contributed by atoms with Crippen LogP contribution in [0.3, 0.4) is 0 Å². The Balaban J connectivity index is 1.91. The van der Waals surface area contributed by atoms with E-state index >= 15 is 0 Å². The molecule has 0 radical (unpaired) electrons. The number of carbonyl (C=O) groups is 2. The minimum atomic E-state index is -1.08. The van der Waals surface area contributed by atoms with Gasteiger partial charge in [0.25, 0.3) is 5.91 Å². The molecule has 1 saturated heterocycles. The molecule has 6 heteroatoms. The van der Waals surface area contributed by atoms with Crippen molar-refractivity contribution in [1.29, 1.82) is 0 Å². The van der Waals surface area contributed by atoms with E-state index in [1.54, 1.807) is 31.4 Å². The number of carbonyl (C=O) groups excluding carboxylic acids is 2. The number of pyridine rings is 1. The molecular formula is C25H33N3O3. The predicted octanol–water partition coefficient (Wildman–Crippen LogP) is 3.41. The highest BCUT2D eigenvalue weighted by molar-refractivity contribution is 5.87. The van der Waals surface area contributed by atoms with Crippen molar-refractivity contribution in [2.45, 2.75) is 38.7 Å². The molecule has 2 heterocycles. The molecule has 31 heavy (non-hydrogen) atoms. The largest absolute Gasteiger partial charge is 0.361 e. The molecule has 3 rings (SSSR count). The van der Waals surface area contributed by atoms with Crippen molar-refractivity contribution in [3.63, 3.8) is 0 Å². The Morgan fingerprint density at radius 3 is 2.48 bits per heavy atom. The molecule has 1 aliphatic rings. The molecule has 0 saturated carbocycles. The van der Waals surface area contributed by atoms with E-state index in [1.807, 2.05) is 49.1 Å². The third-order valence-electron chi connectivity index (χ3n) is 6.06. The molecule has 1 atom stereocenters. The summed E-state index contributed by atoms with van der Waals surface area (Å²) in [5, 5.41) is 0. The van der Waals surface area contributed by atoms with Gasteiger partial charge in [0.1, 0.15) is 0 Å². The molecule has 1 fully saturated rings. The smallest absolute Gasteiger partial charge is 0.256 e. The monoisotopic (exact) mass is 423 g/mol. The van der Waals surface area contributed by atoms with Gasteiger partial charge in [-0.25, -0.2) is 0 Å². The Kier molecular flexibility index (Phi) is 7.44. The summed E-state index contributed by atoms with van der Waals surface area (Å²) in [6.45, 7) is 5.23. The zero-order valence-corrected chi connectivity index (χ0v) is 19.0. The summed E-state index contributed by atoms with van der Waals surface area (Å²) in [5.74, 6) is -0.00101. The Morgan fingerprint density at radius 2 is 1.84 bits per heavy atom. The van der Waals surface area contributed by atoms with Crippen molar-refractivity contribution in [2.24, 2.45) is 5.92 Å². The number of benzene rings is 1. The Labute approximate surface area is 185 Å². The molecule has 1 aliphatic heterocycles. The Morgan fingerprint density at radius 1 is 1.13 bits per heavy atom. The van der Waals surface area contributed by atoms with Gasteiger partial charge in [0.2, 0.25) is 5.91 Å². The highest BCUT2D eigenvalue weighted by Gasteiger charge is 2.46. The maximum Gasteiger partial charge on any atom is 0.256 e. The van der Waals surface area contributed by atoms with Crippen LogP contribution in [0.15, 0.2) is 48.8 Å². The van der Waals surface area contributed by atoms with Crippen LogP contribution in [-0.2, 0) is 20.7 Å². The maximum atomic E-state index is 13.3. The minimum Gasteiger partial charge on any atom is -0.361 e. The number of likely N-dealkylation sites (N-methyl/N-ethyl adjacent to an activating group) is 1. The van der Waals surface area contributed by atoms with Crippen molar-refractivity contribution in [3.05, 3.63) is 54.4 Å². The molecule has 2 aromatic rings. The second-order valence-electron chi connectivity index (χ2n) is 8.43. The predicted molar refractivity (Wildman–Crippen MR) is 121 cm³/mol. The summed E-state index contributed by atoms with van der Waals surface area (Å²) >= 11 is 0. The second kappa shape index (κ2) is 10.1. The van der Waals surface area contributed by atoms with Crippen LogP contribution in [0.1, 0.15) is 32.3 Å². The van der Waals surface area contributed by atoms with E-state index in [1.165, 1.54) is 0 Å². The number of nitrogens with zero attached hydrogens (tertiary/aromatic N) is 3. The van der Waals surface area contributed by atoms with Gasteiger partial charge in [0, 0.05) is 45.4 Å². The molecule has 6 nitrogen and oxygen atoms in total. The van der Waals surface area contributed by atoms with Gasteiger partial charge in [-0.1, -0.05) is 38.1 Å². The number of hydrogen-bond donors (Lipinski definition) is 0. The van der Waals surface area contributed by atoms with Crippen molar-refractivity contribution in [3.8, 4) is 11.1 Å². The lowest BCUT2D eigenvalue weighted by atomic mass is 9.89. The number of ether oxygens (including phenoxy) is 1. The quantitative estimate of drug-likeness (QED) is 0.685. The van der Waals surface area contributed by atoms with Crippen molar-refractivity contribution in [1.82, 2.24) is 14.8 Å². The van der Waals surface area contributed by atoms with Gasteiger partial charge in [-0.2, -0.15) is 0 Å². The Bertz CT molecular complexity index is 896. The van der Waals surface area contributed by atoms with E-state index in [9.17, 15) is 9.59 Å². The first kappa shape index (κ1) is 22.9. The molecule has 166 valence electrons. The number of rotatable bonds is 7. The lowest BCUT2D eigenvalue weighted by Gasteiger charge is -2.43. The standard InChI is InChI=1S/C25H33N3O3/c1-5-20(6-2)23(29)28-14-15-31-25(18-28,24(30)27(3)4)17-19-8-7-9-22(16-19)21-10-12-26-13-11-21/h7-13,16,20H,5-6,14-15,17-18H2,1-4H3. The molecule has 1 aromatic carbocycles. The zero-order chi connectivity index (χ0) is 22.4. The van der Waals surface area contributed by atoms with Gasteiger partial charge >= 0.3 is 0 Å². The molecule has 1 aromatic heterocycles. The molecule has 0 bridgehead atoms.